The lowest BCUT2D eigenvalue weighted by molar-refractivity contribution is 0.106. The number of carbonyl (C=O) groups excluding carboxylic acids is 2. The number of hydrogen-bond acceptors (Lipinski definition) is 4. The summed E-state index contributed by atoms with van der Waals surface area (Å²) in [6.45, 7) is 0. The number of nitriles is 1. The van der Waals surface area contributed by atoms with Gasteiger partial charge in [0.2, 0.25) is 0 Å². The molecule has 5 heteroatoms. The zero-order valence-electron chi connectivity index (χ0n) is 7.78. The minimum atomic E-state index is -0.764. The van der Waals surface area contributed by atoms with Gasteiger partial charge in [0, 0.05) is 11.1 Å². The molecule has 0 bridgehead atoms. The van der Waals surface area contributed by atoms with Crippen molar-refractivity contribution in [2.75, 3.05) is 7.11 Å². The molecule has 4 nitrogen and oxygen atoms in total. The van der Waals surface area contributed by atoms with E-state index in [2.05, 4.69) is 0 Å². The van der Waals surface area contributed by atoms with Gasteiger partial charge in [-0.3, -0.25) is 9.59 Å². The first-order valence-electron chi connectivity index (χ1n) is 3.91. The van der Waals surface area contributed by atoms with Crippen molar-refractivity contribution in [3.05, 3.63) is 28.8 Å². The van der Waals surface area contributed by atoms with Crippen molar-refractivity contribution in [2.45, 2.75) is 0 Å². The Morgan fingerprint density at radius 3 is 2.67 bits per heavy atom. The smallest absolute Gasteiger partial charge is 0.253 e. The first-order chi connectivity index (χ1) is 7.13. The van der Waals surface area contributed by atoms with E-state index in [4.69, 9.17) is 21.6 Å². The van der Waals surface area contributed by atoms with Crippen LogP contribution in [0, 0.1) is 11.3 Å². The summed E-state index contributed by atoms with van der Waals surface area (Å²) in [6, 6.07) is 4.39. The highest BCUT2D eigenvalue weighted by atomic mass is 35.5. The Kier molecular flexibility index (Phi) is 3.42. The maximum atomic E-state index is 11.0. The van der Waals surface area contributed by atoms with Crippen LogP contribution in [-0.4, -0.2) is 18.6 Å². The average Bonchev–Trinajstić information content (AvgIpc) is 2.26. The van der Waals surface area contributed by atoms with Crippen molar-refractivity contribution in [1.82, 2.24) is 0 Å². The molecule has 1 aromatic rings. The maximum Gasteiger partial charge on any atom is 0.253 e. The van der Waals surface area contributed by atoms with E-state index in [1.807, 2.05) is 6.07 Å². The predicted molar refractivity (Wildman–Crippen MR) is 53.3 cm³/mol. The van der Waals surface area contributed by atoms with Crippen molar-refractivity contribution < 1.29 is 14.3 Å². The number of ether oxygens (including phenoxy) is 1. The molecule has 0 saturated carbocycles. The van der Waals surface area contributed by atoms with E-state index in [1.165, 1.54) is 19.2 Å². The van der Waals surface area contributed by atoms with Gasteiger partial charge in [-0.05, 0) is 23.7 Å². The molecule has 0 amide bonds. The summed E-state index contributed by atoms with van der Waals surface area (Å²) in [5, 5.41) is 7.97. The summed E-state index contributed by atoms with van der Waals surface area (Å²) >= 11 is 5.28. The molecule has 0 spiro atoms. The van der Waals surface area contributed by atoms with Gasteiger partial charge in [0.1, 0.15) is 11.8 Å². The molecule has 0 aliphatic rings. The largest absolute Gasteiger partial charge is 0.495 e. The third kappa shape index (κ3) is 2.14. The van der Waals surface area contributed by atoms with Crippen molar-refractivity contribution in [2.24, 2.45) is 0 Å². The maximum absolute atomic E-state index is 11.0. The molecule has 0 heterocycles. The Bertz CT molecular complexity index is 462. The number of aldehydes is 1. The Hall–Kier alpha value is -1.86. The second kappa shape index (κ2) is 4.58. The predicted octanol–water partition coefficient (Wildman–Crippen LogP) is 1.76. The van der Waals surface area contributed by atoms with E-state index in [1.54, 1.807) is 0 Å². The van der Waals surface area contributed by atoms with Gasteiger partial charge in [0.05, 0.1) is 12.7 Å². The summed E-state index contributed by atoms with van der Waals surface area (Å²) in [5.41, 5.74) is 0.288. The van der Waals surface area contributed by atoms with E-state index in [0.717, 1.165) is 0 Å². The van der Waals surface area contributed by atoms with Gasteiger partial charge >= 0.3 is 0 Å². The second-order valence-corrected chi connectivity index (χ2v) is 2.99. The Morgan fingerprint density at radius 1 is 1.60 bits per heavy atom. The van der Waals surface area contributed by atoms with Gasteiger partial charge in [0.25, 0.3) is 5.24 Å². The molecule has 1 rings (SSSR count). The summed E-state index contributed by atoms with van der Waals surface area (Å²) in [5.74, 6) is 0.215. The highest BCUT2D eigenvalue weighted by molar-refractivity contribution is 6.68. The lowest BCUT2D eigenvalue weighted by atomic mass is 10.1. The third-order valence-corrected chi connectivity index (χ3v) is 2.03. The highest BCUT2D eigenvalue weighted by Gasteiger charge is 2.14. The number of nitrogens with zero attached hydrogens (tertiary/aromatic N) is 1. The first kappa shape index (κ1) is 11.2. The lowest BCUT2D eigenvalue weighted by Crippen LogP contribution is -2.00. The Morgan fingerprint density at radius 2 is 2.27 bits per heavy atom. The van der Waals surface area contributed by atoms with Crippen LogP contribution in [0.1, 0.15) is 26.3 Å². The van der Waals surface area contributed by atoms with Crippen LogP contribution in [-0.2, 0) is 0 Å². The SMILES string of the molecule is COc1cc(C(=O)Cl)c(C=O)cc1C#N. The average molecular weight is 224 g/mol. The number of carbonyl (C=O) groups is 2. The summed E-state index contributed by atoms with van der Waals surface area (Å²) in [4.78, 5) is 21.6. The minimum Gasteiger partial charge on any atom is -0.495 e. The van der Waals surface area contributed by atoms with Crippen molar-refractivity contribution in [1.29, 1.82) is 5.26 Å². The molecule has 0 unspecified atom stereocenters. The molecule has 0 aromatic heterocycles. The monoisotopic (exact) mass is 223 g/mol. The van der Waals surface area contributed by atoms with Crippen LogP contribution in [0.25, 0.3) is 0 Å². The van der Waals surface area contributed by atoms with Crippen LogP contribution in [0.2, 0.25) is 0 Å². The molecule has 0 fully saturated rings. The molecule has 0 aliphatic heterocycles. The first-order valence-corrected chi connectivity index (χ1v) is 4.29. The van der Waals surface area contributed by atoms with Gasteiger partial charge in [-0.1, -0.05) is 0 Å². The second-order valence-electron chi connectivity index (χ2n) is 2.64. The van der Waals surface area contributed by atoms with Crippen molar-refractivity contribution in [3.63, 3.8) is 0 Å². The summed E-state index contributed by atoms with van der Waals surface area (Å²) in [7, 11) is 1.36. The standard InChI is InChI=1S/C10H6ClNO3/c1-15-9-3-8(10(11)14)7(5-13)2-6(9)4-12/h2-3,5H,1H3. The zero-order chi connectivity index (χ0) is 11.4. The third-order valence-electron chi connectivity index (χ3n) is 1.83. The molecule has 0 radical (unpaired) electrons. The van der Waals surface area contributed by atoms with Gasteiger partial charge in [0.15, 0.2) is 6.29 Å². The van der Waals surface area contributed by atoms with Crippen LogP contribution < -0.4 is 4.74 Å². The Labute approximate surface area is 91.0 Å². The number of methoxy groups -OCH3 is 1. The van der Waals surface area contributed by atoms with Crippen molar-refractivity contribution in [3.8, 4) is 11.8 Å². The van der Waals surface area contributed by atoms with E-state index in [-0.39, 0.29) is 22.4 Å². The number of halogens is 1. The van der Waals surface area contributed by atoms with E-state index in [9.17, 15) is 9.59 Å². The molecule has 15 heavy (non-hydrogen) atoms. The van der Waals surface area contributed by atoms with E-state index < -0.39 is 5.24 Å². The molecule has 1 aromatic carbocycles. The van der Waals surface area contributed by atoms with E-state index >= 15 is 0 Å². The molecule has 76 valence electrons. The van der Waals surface area contributed by atoms with Crippen molar-refractivity contribution >= 4 is 23.1 Å². The van der Waals surface area contributed by atoms with Gasteiger partial charge in [-0.15, -0.1) is 0 Å². The summed E-state index contributed by atoms with van der Waals surface area (Å²) < 4.78 is 4.88. The molecule has 0 saturated heterocycles. The fourth-order valence-electron chi connectivity index (χ4n) is 1.12. The zero-order valence-corrected chi connectivity index (χ0v) is 8.54. The van der Waals surface area contributed by atoms with Gasteiger partial charge < -0.3 is 4.74 Å². The quantitative estimate of drug-likeness (QED) is 0.578. The fourth-order valence-corrected chi connectivity index (χ4v) is 1.28. The van der Waals surface area contributed by atoms with E-state index in [0.29, 0.717) is 6.29 Å². The van der Waals surface area contributed by atoms with Gasteiger partial charge in [-0.25, -0.2) is 0 Å². The van der Waals surface area contributed by atoms with Crippen LogP contribution in [0.15, 0.2) is 12.1 Å². The number of rotatable bonds is 3. The topological polar surface area (TPSA) is 67.2 Å². The molecule has 0 atom stereocenters. The normalized spacial score (nSPS) is 9.13. The van der Waals surface area contributed by atoms with Crippen LogP contribution in [0.3, 0.4) is 0 Å². The minimum absolute atomic E-state index is 0.0301. The number of hydrogen-bond donors (Lipinski definition) is 0. The highest BCUT2D eigenvalue weighted by Crippen LogP contribution is 2.23. The lowest BCUT2D eigenvalue weighted by Gasteiger charge is -2.05. The summed E-state index contributed by atoms with van der Waals surface area (Å²) in [6.07, 6.45) is 0.468. The molecule has 0 N–H and O–H groups in total. The van der Waals surface area contributed by atoms with Crippen LogP contribution >= 0.6 is 11.6 Å². The van der Waals surface area contributed by atoms with Gasteiger partial charge in [-0.2, -0.15) is 5.26 Å². The molecule has 0 aliphatic carbocycles. The number of benzene rings is 1. The molecular weight excluding hydrogens is 218 g/mol. The Balaban J connectivity index is 3.49. The van der Waals surface area contributed by atoms with Crippen LogP contribution in [0.4, 0.5) is 0 Å². The fraction of sp³-hybridized carbons (Fsp3) is 0.100. The molecular formula is C10H6ClNO3. The van der Waals surface area contributed by atoms with Crippen LogP contribution in [0.5, 0.6) is 5.75 Å².